The number of carboxylic acids is 1. The minimum absolute atomic E-state index is 0.0214. The molecule has 104 valence electrons. The van der Waals surface area contributed by atoms with E-state index in [0.717, 1.165) is 5.56 Å². The average molecular weight is 273 g/mol. The molecule has 1 aliphatic rings. The average Bonchev–Trinajstić information content (AvgIpc) is 2.26. The van der Waals surface area contributed by atoms with Gasteiger partial charge in [0.1, 0.15) is 6.04 Å². The van der Waals surface area contributed by atoms with Crippen molar-refractivity contribution in [2.24, 2.45) is 0 Å². The van der Waals surface area contributed by atoms with E-state index in [1.165, 1.54) is 0 Å². The van der Waals surface area contributed by atoms with Crippen molar-refractivity contribution in [3.63, 3.8) is 0 Å². The van der Waals surface area contributed by atoms with Gasteiger partial charge in [0.25, 0.3) is 0 Å². The van der Waals surface area contributed by atoms with Crippen LogP contribution in [0.2, 0.25) is 0 Å². The van der Waals surface area contributed by atoms with Crippen LogP contribution in [0.4, 0.5) is 18.9 Å². The highest BCUT2D eigenvalue weighted by atomic mass is 19.4. The summed E-state index contributed by atoms with van der Waals surface area (Å²) < 4.78 is 38.0. The molecule has 1 atom stereocenters. The number of aryl methyl sites for hydroxylation is 2. The van der Waals surface area contributed by atoms with E-state index in [1.54, 1.807) is 19.1 Å². The first-order chi connectivity index (χ1) is 8.77. The van der Waals surface area contributed by atoms with Crippen molar-refractivity contribution < 1.29 is 23.1 Å². The van der Waals surface area contributed by atoms with Gasteiger partial charge in [0, 0.05) is 5.69 Å². The monoisotopic (exact) mass is 273 g/mol. The van der Waals surface area contributed by atoms with Gasteiger partial charge in [-0.15, -0.1) is 0 Å². The number of rotatable bonds is 2. The predicted octanol–water partition coefficient (Wildman–Crippen LogP) is 2.91. The Morgan fingerprint density at radius 2 is 2.16 bits per heavy atom. The van der Waals surface area contributed by atoms with Gasteiger partial charge < -0.3 is 10.4 Å². The number of hydrogen-bond acceptors (Lipinski definition) is 2. The minimum atomic E-state index is -4.26. The molecule has 0 bridgehead atoms. The molecular formula is C13H14F3NO2. The van der Waals surface area contributed by atoms with E-state index in [0.29, 0.717) is 23.2 Å². The molecule has 1 aliphatic heterocycles. The Morgan fingerprint density at radius 1 is 1.47 bits per heavy atom. The van der Waals surface area contributed by atoms with Crippen LogP contribution in [0.5, 0.6) is 0 Å². The standard InChI is InChI=1S/C13H14F3NO2/c1-7-4-8(6-11(18)19)5-9-2-3-10(13(14,15)16)17-12(7)9/h4-5,10,17H,2-3,6H2,1H3,(H,18,19). The van der Waals surface area contributed by atoms with Gasteiger partial charge in [-0.1, -0.05) is 12.1 Å². The number of carboxylic acid groups (broad SMARTS) is 1. The maximum atomic E-state index is 12.7. The fourth-order valence-electron chi connectivity index (χ4n) is 2.41. The summed E-state index contributed by atoms with van der Waals surface area (Å²) in [6.07, 6.45) is -4.09. The summed E-state index contributed by atoms with van der Waals surface area (Å²) in [7, 11) is 0. The lowest BCUT2D eigenvalue weighted by Gasteiger charge is -2.30. The van der Waals surface area contributed by atoms with Crippen LogP contribution >= 0.6 is 0 Å². The number of alkyl halides is 3. The van der Waals surface area contributed by atoms with Crippen molar-refractivity contribution >= 4 is 11.7 Å². The summed E-state index contributed by atoms with van der Waals surface area (Å²) >= 11 is 0. The maximum Gasteiger partial charge on any atom is 0.408 e. The number of benzene rings is 1. The third-order valence-corrected chi connectivity index (χ3v) is 3.25. The normalized spacial score (nSPS) is 18.6. The number of aliphatic carboxylic acids is 1. The Hall–Kier alpha value is -1.72. The van der Waals surface area contributed by atoms with Crippen molar-refractivity contribution in [1.82, 2.24) is 0 Å². The van der Waals surface area contributed by atoms with Crippen molar-refractivity contribution in [3.05, 3.63) is 28.8 Å². The molecule has 0 fully saturated rings. The summed E-state index contributed by atoms with van der Waals surface area (Å²) in [6.45, 7) is 1.69. The quantitative estimate of drug-likeness (QED) is 0.871. The van der Waals surface area contributed by atoms with Gasteiger partial charge in [-0.3, -0.25) is 4.79 Å². The number of nitrogens with one attached hydrogen (secondary N) is 1. The second-order valence-corrected chi connectivity index (χ2v) is 4.79. The molecule has 6 heteroatoms. The van der Waals surface area contributed by atoms with Gasteiger partial charge in [-0.2, -0.15) is 13.2 Å². The van der Waals surface area contributed by atoms with Crippen molar-refractivity contribution in [1.29, 1.82) is 0 Å². The summed E-state index contributed by atoms with van der Waals surface area (Å²) in [5.74, 6) is -0.948. The van der Waals surface area contributed by atoms with Crippen LogP contribution in [-0.2, 0) is 17.6 Å². The molecule has 0 amide bonds. The SMILES string of the molecule is Cc1cc(CC(=O)O)cc2c1NC(C(F)(F)F)CC2. The molecule has 2 rings (SSSR count). The van der Waals surface area contributed by atoms with E-state index in [4.69, 9.17) is 5.11 Å². The molecule has 0 saturated carbocycles. The minimum Gasteiger partial charge on any atom is -0.481 e. The van der Waals surface area contributed by atoms with E-state index < -0.39 is 18.2 Å². The zero-order valence-corrected chi connectivity index (χ0v) is 10.3. The first-order valence-electron chi connectivity index (χ1n) is 5.95. The van der Waals surface area contributed by atoms with Crippen molar-refractivity contribution in [2.75, 3.05) is 5.32 Å². The van der Waals surface area contributed by atoms with Gasteiger partial charge in [0.2, 0.25) is 0 Å². The Balaban J connectivity index is 2.29. The summed E-state index contributed by atoms with van der Waals surface area (Å²) in [5, 5.41) is 11.3. The lowest BCUT2D eigenvalue weighted by atomic mass is 9.92. The first kappa shape index (κ1) is 13.7. The molecule has 0 saturated heterocycles. The molecule has 19 heavy (non-hydrogen) atoms. The fourth-order valence-corrected chi connectivity index (χ4v) is 2.41. The van der Waals surface area contributed by atoms with E-state index in [-0.39, 0.29) is 12.8 Å². The molecule has 1 unspecified atom stereocenters. The number of halogens is 3. The number of carbonyl (C=O) groups is 1. The van der Waals surface area contributed by atoms with Crippen LogP contribution in [-0.4, -0.2) is 23.3 Å². The number of anilines is 1. The number of hydrogen-bond donors (Lipinski definition) is 2. The Kier molecular flexibility index (Phi) is 3.43. The second kappa shape index (κ2) is 4.75. The second-order valence-electron chi connectivity index (χ2n) is 4.79. The summed E-state index contributed by atoms with van der Waals surface area (Å²) in [5.41, 5.74) is 2.53. The van der Waals surface area contributed by atoms with E-state index >= 15 is 0 Å². The molecule has 0 radical (unpaired) electrons. The molecule has 0 aromatic heterocycles. The zero-order valence-electron chi connectivity index (χ0n) is 10.3. The largest absolute Gasteiger partial charge is 0.481 e. The van der Waals surface area contributed by atoms with E-state index in [2.05, 4.69) is 5.32 Å². The lowest BCUT2D eigenvalue weighted by Crippen LogP contribution is -2.39. The van der Waals surface area contributed by atoms with E-state index in [1.807, 2.05) is 0 Å². The zero-order chi connectivity index (χ0) is 14.2. The van der Waals surface area contributed by atoms with Gasteiger partial charge in [0.15, 0.2) is 0 Å². The van der Waals surface area contributed by atoms with Gasteiger partial charge in [0.05, 0.1) is 6.42 Å². The highest BCUT2D eigenvalue weighted by molar-refractivity contribution is 5.71. The summed E-state index contributed by atoms with van der Waals surface area (Å²) in [6, 6.07) is 1.78. The van der Waals surface area contributed by atoms with Gasteiger partial charge in [-0.05, 0) is 36.5 Å². The van der Waals surface area contributed by atoms with Crippen LogP contribution < -0.4 is 5.32 Å². The lowest BCUT2D eigenvalue weighted by molar-refractivity contribution is -0.144. The smallest absolute Gasteiger partial charge is 0.408 e. The Bertz CT molecular complexity index is 511. The van der Waals surface area contributed by atoms with Gasteiger partial charge >= 0.3 is 12.1 Å². The molecule has 0 spiro atoms. The first-order valence-corrected chi connectivity index (χ1v) is 5.95. The van der Waals surface area contributed by atoms with Crippen LogP contribution in [0.3, 0.4) is 0 Å². The fraction of sp³-hybridized carbons (Fsp3) is 0.462. The van der Waals surface area contributed by atoms with Crippen LogP contribution in [0.1, 0.15) is 23.1 Å². The number of fused-ring (bicyclic) bond motifs is 1. The molecule has 3 nitrogen and oxygen atoms in total. The third-order valence-electron chi connectivity index (χ3n) is 3.25. The molecule has 0 aliphatic carbocycles. The van der Waals surface area contributed by atoms with Crippen LogP contribution in [0.25, 0.3) is 0 Å². The molecule has 1 aromatic carbocycles. The van der Waals surface area contributed by atoms with Crippen molar-refractivity contribution in [3.8, 4) is 0 Å². The third kappa shape index (κ3) is 3.00. The topological polar surface area (TPSA) is 49.3 Å². The maximum absolute atomic E-state index is 12.7. The molecule has 1 heterocycles. The molecule has 1 aromatic rings. The molecule has 2 N–H and O–H groups in total. The van der Waals surface area contributed by atoms with Crippen LogP contribution in [0.15, 0.2) is 12.1 Å². The van der Waals surface area contributed by atoms with Gasteiger partial charge in [-0.25, -0.2) is 0 Å². The highest BCUT2D eigenvalue weighted by Crippen LogP contribution is 2.35. The predicted molar refractivity (Wildman–Crippen MR) is 64.3 cm³/mol. The van der Waals surface area contributed by atoms with Crippen LogP contribution in [0, 0.1) is 6.92 Å². The Morgan fingerprint density at radius 3 is 2.74 bits per heavy atom. The Labute approximate surface area is 108 Å². The summed E-state index contributed by atoms with van der Waals surface area (Å²) in [4.78, 5) is 10.7. The van der Waals surface area contributed by atoms with E-state index in [9.17, 15) is 18.0 Å². The highest BCUT2D eigenvalue weighted by Gasteiger charge is 2.41. The molecular weight excluding hydrogens is 259 g/mol. The van der Waals surface area contributed by atoms with Crippen molar-refractivity contribution in [2.45, 2.75) is 38.4 Å².